The largest absolute Gasteiger partial charge is 0.325 e. The summed E-state index contributed by atoms with van der Waals surface area (Å²) in [5.41, 5.74) is 1.68. The van der Waals surface area contributed by atoms with Crippen molar-refractivity contribution in [2.45, 2.75) is 10.4 Å². The van der Waals surface area contributed by atoms with Crippen molar-refractivity contribution in [3.8, 4) is 0 Å². The second kappa shape index (κ2) is 6.91. The van der Waals surface area contributed by atoms with Gasteiger partial charge in [-0.05, 0) is 17.7 Å². The van der Waals surface area contributed by atoms with Crippen LogP contribution in [0.25, 0.3) is 0 Å². The van der Waals surface area contributed by atoms with Crippen LogP contribution in [0.15, 0.2) is 72.1 Å². The smallest absolute Gasteiger partial charge is 0.242 e. The molecule has 1 atom stereocenters. The molecule has 1 amide bonds. The summed E-state index contributed by atoms with van der Waals surface area (Å²) in [4.78, 5) is 16.7. The van der Waals surface area contributed by atoms with Crippen LogP contribution in [0.4, 0.5) is 5.69 Å². The van der Waals surface area contributed by atoms with Crippen molar-refractivity contribution in [3.05, 3.63) is 72.6 Å². The number of aromatic amines is 1. The van der Waals surface area contributed by atoms with E-state index in [4.69, 9.17) is 0 Å². The number of anilines is 1. The number of rotatable bonds is 5. The molecule has 3 aromatic rings. The molecular weight excluding hydrogens is 296 g/mol. The molecule has 6 heteroatoms. The van der Waals surface area contributed by atoms with Crippen molar-refractivity contribution in [3.63, 3.8) is 0 Å². The molecule has 1 aromatic heterocycles. The van der Waals surface area contributed by atoms with Gasteiger partial charge < -0.3 is 5.32 Å². The number of thioether (sulfide) groups is 1. The highest BCUT2D eigenvalue weighted by Crippen LogP contribution is 2.34. The van der Waals surface area contributed by atoms with Gasteiger partial charge >= 0.3 is 0 Å². The minimum Gasteiger partial charge on any atom is -0.325 e. The highest BCUT2D eigenvalue weighted by atomic mass is 32.2. The van der Waals surface area contributed by atoms with Gasteiger partial charge in [0.05, 0.1) is 0 Å². The van der Waals surface area contributed by atoms with Crippen LogP contribution < -0.4 is 5.32 Å². The molecule has 2 N–H and O–H groups in total. The van der Waals surface area contributed by atoms with Crippen molar-refractivity contribution in [1.82, 2.24) is 15.2 Å². The number of amides is 1. The third kappa shape index (κ3) is 3.53. The van der Waals surface area contributed by atoms with Crippen molar-refractivity contribution < 1.29 is 4.79 Å². The molecule has 0 aliphatic heterocycles. The second-order valence-electron chi connectivity index (χ2n) is 4.55. The number of hydrogen-bond acceptors (Lipinski definition) is 4. The fraction of sp³-hybridized carbons (Fsp3) is 0.0625. The maximum atomic E-state index is 12.6. The first-order valence-electron chi connectivity index (χ1n) is 6.76. The summed E-state index contributed by atoms with van der Waals surface area (Å²) in [6, 6.07) is 19.0. The Morgan fingerprint density at radius 2 is 1.73 bits per heavy atom. The van der Waals surface area contributed by atoms with E-state index in [9.17, 15) is 4.79 Å². The monoisotopic (exact) mass is 310 g/mol. The van der Waals surface area contributed by atoms with Gasteiger partial charge in [0.25, 0.3) is 0 Å². The van der Waals surface area contributed by atoms with Gasteiger partial charge in [0.2, 0.25) is 5.91 Å². The molecule has 1 heterocycles. The van der Waals surface area contributed by atoms with Crippen LogP contribution in [-0.4, -0.2) is 21.1 Å². The Kier molecular flexibility index (Phi) is 4.50. The topological polar surface area (TPSA) is 70.7 Å². The number of aromatic nitrogens is 3. The molecule has 0 radical (unpaired) electrons. The molecule has 110 valence electrons. The number of nitrogens with one attached hydrogen (secondary N) is 2. The molecule has 0 fully saturated rings. The first kappa shape index (κ1) is 14.3. The van der Waals surface area contributed by atoms with Gasteiger partial charge in [0, 0.05) is 5.69 Å². The van der Waals surface area contributed by atoms with Crippen LogP contribution in [0, 0.1) is 0 Å². The van der Waals surface area contributed by atoms with Gasteiger partial charge in [-0.1, -0.05) is 60.3 Å². The fourth-order valence-corrected chi connectivity index (χ4v) is 2.89. The SMILES string of the molecule is O=C(Nc1ccccc1)[C@@H](Sc1ncn[nH]1)c1ccccc1. The Balaban J connectivity index is 1.83. The third-order valence-electron chi connectivity index (χ3n) is 3.00. The lowest BCUT2D eigenvalue weighted by atomic mass is 10.1. The number of para-hydroxylation sites is 1. The summed E-state index contributed by atoms with van der Waals surface area (Å²) in [6.07, 6.45) is 1.43. The average Bonchev–Trinajstić information content (AvgIpc) is 3.07. The van der Waals surface area contributed by atoms with E-state index in [1.54, 1.807) is 0 Å². The van der Waals surface area contributed by atoms with Gasteiger partial charge in [-0.15, -0.1) is 0 Å². The van der Waals surface area contributed by atoms with Gasteiger partial charge in [0.1, 0.15) is 11.6 Å². The Morgan fingerprint density at radius 3 is 2.36 bits per heavy atom. The lowest BCUT2D eigenvalue weighted by Crippen LogP contribution is -2.19. The zero-order valence-corrected chi connectivity index (χ0v) is 12.5. The summed E-state index contributed by atoms with van der Waals surface area (Å²) in [6.45, 7) is 0. The molecule has 3 rings (SSSR count). The van der Waals surface area contributed by atoms with Crippen LogP contribution >= 0.6 is 11.8 Å². The van der Waals surface area contributed by atoms with E-state index < -0.39 is 5.25 Å². The normalized spacial score (nSPS) is 11.8. The molecule has 0 saturated carbocycles. The molecule has 5 nitrogen and oxygen atoms in total. The maximum absolute atomic E-state index is 12.6. The summed E-state index contributed by atoms with van der Waals surface area (Å²) in [5.74, 6) is -0.0983. The van der Waals surface area contributed by atoms with E-state index in [0.29, 0.717) is 5.16 Å². The molecule has 0 saturated heterocycles. The predicted octanol–water partition coefficient (Wildman–Crippen LogP) is 3.28. The van der Waals surface area contributed by atoms with Crippen LogP contribution in [-0.2, 0) is 4.79 Å². The Hall–Kier alpha value is -2.60. The van der Waals surface area contributed by atoms with Gasteiger partial charge in [0.15, 0.2) is 5.16 Å². The van der Waals surface area contributed by atoms with E-state index in [2.05, 4.69) is 20.5 Å². The van der Waals surface area contributed by atoms with Gasteiger partial charge in [-0.2, -0.15) is 5.10 Å². The minimum absolute atomic E-state index is 0.0983. The molecule has 0 bridgehead atoms. The number of nitrogens with zero attached hydrogens (tertiary/aromatic N) is 2. The zero-order valence-electron chi connectivity index (χ0n) is 11.6. The lowest BCUT2D eigenvalue weighted by Gasteiger charge is -2.15. The molecular formula is C16H14N4OS. The molecule has 0 unspecified atom stereocenters. The molecule has 2 aromatic carbocycles. The van der Waals surface area contributed by atoms with Gasteiger partial charge in [-0.3, -0.25) is 9.89 Å². The Bertz CT molecular complexity index is 716. The zero-order chi connectivity index (χ0) is 15.2. The van der Waals surface area contributed by atoms with Gasteiger partial charge in [-0.25, -0.2) is 4.98 Å². The van der Waals surface area contributed by atoms with E-state index in [1.807, 2.05) is 60.7 Å². The highest BCUT2D eigenvalue weighted by Gasteiger charge is 2.23. The molecule has 0 aliphatic rings. The molecule has 22 heavy (non-hydrogen) atoms. The fourth-order valence-electron chi connectivity index (χ4n) is 1.99. The summed E-state index contributed by atoms with van der Waals surface area (Å²) in [7, 11) is 0. The third-order valence-corrected chi connectivity index (χ3v) is 4.15. The van der Waals surface area contributed by atoms with Crippen LogP contribution in [0.1, 0.15) is 10.8 Å². The maximum Gasteiger partial charge on any atom is 0.242 e. The van der Waals surface area contributed by atoms with Crippen LogP contribution in [0.2, 0.25) is 0 Å². The van der Waals surface area contributed by atoms with E-state index in [-0.39, 0.29) is 5.91 Å². The standard InChI is InChI=1S/C16H14N4OS/c21-15(19-13-9-5-2-6-10-13)14(12-7-3-1-4-8-12)22-16-17-11-18-20-16/h1-11,14H,(H,19,21)(H,17,18,20)/t14-/m0/s1. The second-order valence-corrected chi connectivity index (χ2v) is 5.65. The summed E-state index contributed by atoms with van der Waals surface area (Å²) >= 11 is 1.33. The summed E-state index contributed by atoms with van der Waals surface area (Å²) < 4.78 is 0. The van der Waals surface area contributed by atoms with Crippen LogP contribution in [0.5, 0.6) is 0 Å². The Morgan fingerprint density at radius 1 is 1.05 bits per heavy atom. The summed E-state index contributed by atoms with van der Waals surface area (Å²) in [5, 5.41) is 9.73. The first-order valence-corrected chi connectivity index (χ1v) is 7.64. The predicted molar refractivity (Wildman–Crippen MR) is 86.5 cm³/mol. The Labute approximate surface area is 132 Å². The van der Waals surface area contributed by atoms with Crippen LogP contribution in [0.3, 0.4) is 0 Å². The average molecular weight is 310 g/mol. The highest BCUT2D eigenvalue weighted by molar-refractivity contribution is 8.00. The van der Waals surface area contributed by atoms with Crippen molar-refractivity contribution in [2.75, 3.05) is 5.32 Å². The van der Waals surface area contributed by atoms with E-state index in [1.165, 1.54) is 18.1 Å². The molecule has 0 spiro atoms. The molecule has 0 aliphatic carbocycles. The van der Waals surface area contributed by atoms with E-state index in [0.717, 1.165) is 11.3 Å². The lowest BCUT2D eigenvalue weighted by molar-refractivity contribution is -0.115. The minimum atomic E-state index is -0.408. The van der Waals surface area contributed by atoms with E-state index >= 15 is 0 Å². The number of carbonyl (C=O) groups is 1. The van der Waals surface area contributed by atoms with Crippen molar-refractivity contribution >= 4 is 23.4 Å². The number of carbonyl (C=O) groups excluding carboxylic acids is 1. The first-order chi connectivity index (χ1) is 10.8. The number of benzene rings is 2. The van der Waals surface area contributed by atoms with Crippen molar-refractivity contribution in [2.24, 2.45) is 0 Å². The number of H-pyrrole nitrogens is 1. The quantitative estimate of drug-likeness (QED) is 0.710. The van der Waals surface area contributed by atoms with Crippen molar-refractivity contribution in [1.29, 1.82) is 0 Å². The number of hydrogen-bond donors (Lipinski definition) is 2.